The molecular weight excluding hydrogens is 460 g/mol. The molecule has 0 aromatic carbocycles. The third-order valence-corrected chi connectivity index (χ3v) is 6.38. The number of nitrogens with zero attached hydrogens (tertiary/aromatic N) is 2. The first kappa shape index (κ1) is 29.8. The molecule has 0 bridgehead atoms. The molecule has 36 heavy (non-hydrogen) atoms. The van der Waals surface area contributed by atoms with E-state index in [4.69, 9.17) is 31.8 Å². The monoisotopic (exact) mass is 504 g/mol. The summed E-state index contributed by atoms with van der Waals surface area (Å²) in [5, 5.41) is 0. The van der Waals surface area contributed by atoms with E-state index in [1.54, 1.807) is 27.7 Å². The Labute approximate surface area is 217 Å². The van der Waals surface area contributed by atoms with Crippen molar-refractivity contribution in [1.82, 2.24) is 9.80 Å². The maximum absolute atomic E-state index is 13.1. The third kappa shape index (κ3) is 6.28. The molecule has 2 heterocycles. The van der Waals surface area contributed by atoms with E-state index in [-0.39, 0.29) is 13.2 Å². The summed E-state index contributed by atoms with van der Waals surface area (Å²) in [4.78, 5) is 29.3. The molecule has 2 amide bonds. The van der Waals surface area contributed by atoms with Crippen LogP contribution >= 0.6 is 0 Å². The fraction of sp³-hybridized carbons (Fsp3) is 0.786. The van der Waals surface area contributed by atoms with Gasteiger partial charge in [-0.3, -0.25) is 9.80 Å². The molecule has 2 saturated heterocycles. The van der Waals surface area contributed by atoms with Crippen LogP contribution in [0.3, 0.4) is 0 Å². The van der Waals surface area contributed by atoms with Crippen LogP contribution in [0.5, 0.6) is 0 Å². The van der Waals surface area contributed by atoms with Crippen LogP contribution in [0.25, 0.3) is 0 Å². The predicted octanol–water partition coefficient (Wildman–Crippen LogP) is 5.30. The van der Waals surface area contributed by atoms with E-state index in [9.17, 15) is 9.59 Å². The minimum atomic E-state index is -0.953. The van der Waals surface area contributed by atoms with Crippen molar-refractivity contribution in [2.24, 2.45) is 0 Å². The standard InChI is InChI=1S/C28H44N2O6/c1-13-27(19-33-25(9,10)29(27)21(31)35-23(3,4)5)17-15-16-18-28(14-2)20-34-26(11,12)30(28)22(32)36-24(6,7)8/h1-2H,15-20H2,3-12H3/t27-,28-/m1/s1. The second-order valence-corrected chi connectivity index (χ2v) is 12.7. The molecular formula is C28H44N2O6. The molecule has 202 valence electrons. The highest BCUT2D eigenvalue weighted by Crippen LogP contribution is 2.42. The Bertz CT molecular complexity index is 854. The first-order valence-corrected chi connectivity index (χ1v) is 12.5. The van der Waals surface area contributed by atoms with Crippen molar-refractivity contribution in [3.63, 3.8) is 0 Å². The number of hydrogen-bond donors (Lipinski definition) is 0. The summed E-state index contributed by atoms with van der Waals surface area (Å²) in [5.74, 6) is 5.64. The molecule has 0 spiro atoms. The average Bonchev–Trinajstić information content (AvgIpc) is 3.13. The lowest BCUT2D eigenvalue weighted by molar-refractivity contribution is -0.0679. The molecule has 0 N–H and O–H groups in total. The van der Waals surface area contributed by atoms with E-state index in [1.807, 2.05) is 41.5 Å². The van der Waals surface area contributed by atoms with Crippen molar-refractivity contribution >= 4 is 12.2 Å². The minimum Gasteiger partial charge on any atom is -0.444 e. The Morgan fingerprint density at radius 1 is 0.750 bits per heavy atom. The zero-order chi connectivity index (χ0) is 27.8. The van der Waals surface area contributed by atoms with E-state index >= 15 is 0 Å². The number of carbonyl (C=O) groups excluding carboxylic acids is 2. The van der Waals surface area contributed by atoms with Gasteiger partial charge in [-0.15, -0.1) is 12.8 Å². The smallest absolute Gasteiger partial charge is 0.413 e. The quantitative estimate of drug-likeness (QED) is 0.374. The summed E-state index contributed by atoms with van der Waals surface area (Å²) in [6.07, 6.45) is 13.2. The summed E-state index contributed by atoms with van der Waals surface area (Å²) in [6, 6.07) is 0. The first-order chi connectivity index (χ1) is 16.2. The molecule has 2 aliphatic heterocycles. The number of amides is 2. The highest BCUT2D eigenvalue weighted by atomic mass is 16.6. The molecule has 0 aliphatic carbocycles. The van der Waals surface area contributed by atoms with Gasteiger partial charge in [0.05, 0.1) is 13.2 Å². The first-order valence-electron chi connectivity index (χ1n) is 12.5. The van der Waals surface area contributed by atoms with Crippen LogP contribution in [0.1, 0.15) is 94.9 Å². The minimum absolute atomic E-state index is 0.205. The van der Waals surface area contributed by atoms with Crippen molar-refractivity contribution in [1.29, 1.82) is 0 Å². The molecule has 0 unspecified atom stereocenters. The van der Waals surface area contributed by atoms with Gasteiger partial charge < -0.3 is 18.9 Å². The topological polar surface area (TPSA) is 77.5 Å². The van der Waals surface area contributed by atoms with Gasteiger partial charge in [-0.1, -0.05) is 11.8 Å². The Balaban J connectivity index is 2.18. The van der Waals surface area contributed by atoms with Gasteiger partial charge in [0.25, 0.3) is 0 Å². The van der Waals surface area contributed by atoms with Gasteiger partial charge in [0.1, 0.15) is 33.7 Å². The SMILES string of the molecule is C#C[C@@]1(CCCC[C@]2(C#C)COC(C)(C)N2C(=O)OC(C)(C)C)COC(C)(C)N1C(=O)OC(C)(C)C. The van der Waals surface area contributed by atoms with E-state index in [1.165, 1.54) is 9.80 Å². The fourth-order valence-corrected chi connectivity index (χ4v) is 4.84. The average molecular weight is 505 g/mol. The molecule has 8 heteroatoms. The zero-order valence-corrected chi connectivity index (χ0v) is 23.7. The number of ether oxygens (including phenoxy) is 4. The van der Waals surface area contributed by atoms with Crippen LogP contribution in [-0.4, -0.2) is 68.9 Å². The summed E-state index contributed by atoms with van der Waals surface area (Å²) >= 11 is 0. The largest absolute Gasteiger partial charge is 0.444 e. The molecule has 8 nitrogen and oxygen atoms in total. The van der Waals surface area contributed by atoms with Crippen LogP contribution < -0.4 is 0 Å². The van der Waals surface area contributed by atoms with Crippen LogP contribution in [0.4, 0.5) is 9.59 Å². The highest BCUT2D eigenvalue weighted by Gasteiger charge is 2.56. The number of rotatable bonds is 5. The van der Waals surface area contributed by atoms with E-state index < -0.39 is 45.9 Å². The Morgan fingerprint density at radius 3 is 1.31 bits per heavy atom. The normalized spacial score (nSPS) is 27.3. The van der Waals surface area contributed by atoms with E-state index in [0.29, 0.717) is 25.7 Å². The van der Waals surface area contributed by atoms with Gasteiger partial charge >= 0.3 is 12.2 Å². The maximum Gasteiger partial charge on any atom is 0.413 e. The molecule has 0 aromatic heterocycles. The van der Waals surface area contributed by atoms with Gasteiger partial charge in [-0.25, -0.2) is 9.59 Å². The summed E-state index contributed by atoms with van der Waals surface area (Å²) < 4.78 is 23.2. The lowest BCUT2D eigenvalue weighted by Crippen LogP contribution is -2.57. The van der Waals surface area contributed by atoms with Crippen LogP contribution in [0, 0.1) is 24.7 Å². The molecule has 0 aromatic rings. The highest BCUT2D eigenvalue weighted by molar-refractivity contribution is 5.72. The predicted molar refractivity (Wildman–Crippen MR) is 138 cm³/mol. The lowest BCUT2D eigenvalue weighted by Gasteiger charge is -2.40. The summed E-state index contributed by atoms with van der Waals surface area (Å²) in [6.45, 7) is 18.5. The number of hydrogen-bond acceptors (Lipinski definition) is 6. The van der Waals surface area contributed by atoms with Gasteiger partial charge in [0, 0.05) is 0 Å². The molecule has 2 fully saturated rings. The molecule has 0 saturated carbocycles. The second-order valence-electron chi connectivity index (χ2n) is 12.7. The van der Waals surface area contributed by atoms with Crippen LogP contribution in [0.15, 0.2) is 0 Å². The second kappa shape index (κ2) is 9.80. The summed E-state index contributed by atoms with van der Waals surface area (Å²) in [7, 11) is 0. The van der Waals surface area contributed by atoms with Gasteiger partial charge in [-0.2, -0.15) is 0 Å². The molecule has 2 rings (SSSR count). The molecule has 2 atom stereocenters. The molecule has 2 aliphatic rings. The van der Waals surface area contributed by atoms with Crippen molar-refractivity contribution in [3.8, 4) is 24.7 Å². The van der Waals surface area contributed by atoms with Gasteiger partial charge in [-0.05, 0) is 94.9 Å². The molecule has 0 radical (unpaired) electrons. The third-order valence-electron chi connectivity index (χ3n) is 6.38. The van der Waals surface area contributed by atoms with Gasteiger partial charge in [0.2, 0.25) is 0 Å². The van der Waals surface area contributed by atoms with Crippen molar-refractivity contribution < 1.29 is 28.5 Å². The maximum atomic E-state index is 13.1. The Kier molecular flexibility index (Phi) is 8.11. The Hall–Kier alpha value is -2.42. The summed E-state index contributed by atoms with van der Waals surface area (Å²) in [5.41, 5.74) is -5.07. The fourth-order valence-electron chi connectivity index (χ4n) is 4.84. The zero-order valence-electron chi connectivity index (χ0n) is 23.7. The van der Waals surface area contributed by atoms with Crippen molar-refractivity contribution in [2.75, 3.05) is 13.2 Å². The van der Waals surface area contributed by atoms with Gasteiger partial charge in [0.15, 0.2) is 0 Å². The van der Waals surface area contributed by atoms with Crippen molar-refractivity contribution in [2.45, 2.75) is 129 Å². The van der Waals surface area contributed by atoms with Crippen LogP contribution in [-0.2, 0) is 18.9 Å². The van der Waals surface area contributed by atoms with E-state index in [2.05, 4.69) is 11.8 Å². The van der Waals surface area contributed by atoms with Crippen LogP contribution in [0.2, 0.25) is 0 Å². The number of carbonyl (C=O) groups is 2. The number of unbranched alkanes of at least 4 members (excludes halogenated alkanes) is 1. The Morgan fingerprint density at radius 2 is 1.06 bits per heavy atom. The number of terminal acetylenes is 2. The van der Waals surface area contributed by atoms with Crippen molar-refractivity contribution in [3.05, 3.63) is 0 Å². The lowest BCUT2D eigenvalue weighted by atomic mass is 9.88. The van der Waals surface area contributed by atoms with E-state index in [0.717, 1.165) is 0 Å².